The first kappa shape index (κ1) is 17.7. The summed E-state index contributed by atoms with van der Waals surface area (Å²) in [5, 5.41) is 0. The third-order valence-electron chi connectivity index (χ3n) is 3.07. The molecule has 1 aromatic carbocycles. The van der Waals surface area contributed by atoms with Gasteiger partial charge in [0, 0.05) is 16.9 Å². The van der Waals surface area contributed by atoms with Crippen molar-refractivity contribution in [2.24, 2.45) is 0 Å². The molecule has 0 aliphatic rings. The Balaban J connectivity index is 2.59. The number of nitrogens with zero attached hydrogens (tertiary/aromatic N) is 1. The van der Waals surface area contributed by atoms with Crippen molar-refractivity contribution in [3.8, 4) is 0 Å². The molecule has 0 aliphatic heterocycles. The molecule has 0 aromatic heterocycles. The molecule has 1 amide bonds. The first-order valence-electron chi connectivity index (χ1n) is 7.13. The molecule has 1 aromatic rings. The van der Waals surface area contributed by atoms with Crippen molar-refractivity contribution in [2.45, 2.75) is 39.7 Å². The highest BCUT2D eigenvalue weighted by Crippen LogP contribution is 2.14. The van der Waals surface area contributed by atoms with Crippen molar-refractivity contribution in [2.75, 3.05) is 13.2 Å². The quantitative estimate of drug-likeness (QED) is 0.705. The predicted octanol–water partition coefficient (Wildman–Crippen LogP) is 3.18. The number of carbonyl (C=O) groups excluding carboxylic acids is 2. The average Bonchev–Trinajstić information content (AvgIpc) is 2.42. The van der Waals surface area contributed by atoms with E-state index in [1.165, 1.54) is 0 Å². The van der Waals surface area contributed by atoms with Crippen LogP contribution in [0.1, 0.15) is 32.8 Å². The molecule has 21 heavy (non-hydrogen) atoms. The summed E-state index contributed by atoms with van der Waals surface area (Å²) in [4.78, 5) is 25.4. The molecule has 0 heterocycles. The molecule has 0 spiro atoms. The molecule has 0 aliphatic carbocycles. The summed E-state index contributed by atoms with van der Waals surface area (Å²) in [6.07, 6.45) is 1.04. The minimum atomic E-state index is -0.359. The Kier molecular flexibility index (Phi) is 7.43. The number of amides is 1. The number of hydrogen-bond donors (Lipinski definition) is 0. The Labute approximate surface area is 134 Å². The van der Waals surface area contributed by atoms with Crippen LogP contribution in [0.15, 0.2) is 28.7 Å². The largest absolute Gasteiger partial charge is 0.465 e. The fraction of sp³-hybridized carbons (Fsp3) is 0.500. The van der Waals surface area contributed by atoms with Crippen LogP contribution in [0.5, 0.6) is 0 Å². The fourth-order valence-electron chi connectivity index (χ4n) is 1.99. The molecule has 0 N–H and O–H groups in total. The van der Waals surface area contributed by atoms with Crippen LogP contribution in [0.4, 0.5) is 0 Å². The maximum atomic E-state index is 12.3. The SMILES string of the molecule is CCOC(=O)CN(C(=O)CCc1cccc(Br)c1)C(C)C. The molecule has 116 valence electrons. The van der Waals surface area contributed by atoms with Gasteiger partial charge in [-0.25, -0.2) is 0 Å². The summed E-state index contributed by atoms with van der Waals surface area (Å²) < 4.78 is 5.91. The van der Waals surface area contributed by atoms with Crippen LogP contribution >= 0.6 is 15.9 Å². The normalized spacial score (nSPS) is 10.5. The van der Waals surface area contributed by atoms with Gasteiger partial charge < -0.3 is 9.64 Å². The van der Waals surface area contributed by atoms with Crippen molar-refractivity contribution in [1.29, 1.82) is 0 Å². The van der Waals surface area contributed by atoms with Gasteiger partial charge in [-0.05, 0) is 44.9 Å². The second-order valence-electron chi connectivity index (χ2n) is 5.05. The number of ether oxygens (including phenoxy) is 1. The van der Waals surface area contributed by atoms with Crippen LogP contribution in [0.25, 0.3) is 0 Å². The van der Waals surface area contributed by atoms with E-state index in [4.69, 9.17) is 4.74 Å². The molecule has 0 saturated heterocycles. The van der Waals surface area contributed by atoms with E-state index in [0.717, 1.165) is 10.0 Å². The van der Waals surface area contributed by atoms with Gasteiger partial charge in [-0.2, -0.15) is 0 Å². The van der Waals surface area contributed by atoms with Crippen molar-refractivity contribution in [3.63, 3.8) is 0 Å². The van der Waals surface area contributed by atoms with Crippen molar-refractivity contribution < 1.29 is 14.3 Å². The smallest absolute Gasteiger partial charge is 0.325 e. The number of rotatable bonds is 7. The highest BCUT2D eigenvalue weighted by Gasteiger charge is 2.20. The fourth-order valence-corrected chi connectivity index (χ4v) is 2.44. The molecule has 1 rings (SSSR count). The topological polar surface area (TPSA) is 46.6 Å². The van der Waals surface area contributed by atoms with Gasteiger partial charge in [0.15, 0.2) is 0 Å². The van der Waals surface area contributed by atoms with Crippen molar-refractivity contribution in [3.05, 3.63) is 34.3 Å². The Morgan fingerprint density at radius 3 is 2.62 bits per heavy atom. The lowest BCUT2D eigenvalue weighted by Crippen LogP contribution is -2.41. The summed E-state index contributed by atoms with van der Waals surface area (Å²) in [5.74, 6) is -0.389. The number of esters is 1. The van der Waals surface area contributed by atoms with Gasteiger partial charge >= 0.3 is 5.97 Å². The van der Waals surface area contributed by atoms with Crippen LogP contribution in [-0.4, -0.2) is 36.0 Å². The predicted molar refractivity (Wildman–Crippen MR) is 85.9 cm³/mol. The van der Waals surface area contributed by atoms with Crippen molar-refractivity contribution in [1.82, 2.24) is 4.90 Å². The monoisotopic (exact) mass is 355 g/mol. The summed E-state index contributed by atoms with van der Waals surface area (Å²) in [6, 6.07) is 7.86. The van der Waals surface area contributed by atoms with Crippen LogP contribution in [0.2, 0.25) is 0 Å². The van der Waals surface area contributed by atoms with Gasteiger partial charge in [0.05, 0.1) is 6.61 Å². The highest BCUT2D eigenvalue weighted by molar-refractivity contribution is 9.10. The van der Waals surface area contributed by atoms with Gasteiger partial charge in [0.2, 0.25) is 5.91 Å². The van der Waals surface area contributed by atoms with E-state index in [2.05, 4.69) is 15.9 Å². The summed E-state index contributed by atoms with van der Waals surface area (Å²) in [7, 11) is 0. The standard InChI is InChI=1S/C16H22BrNO3/c1-4-21-16(20)11-18(12(2)3)15(19)9-8-13-6-5-7-14(17)10-13/h5-7,10,12H,4,8-9,11H2,1-3H3. The first-order chi connectivity index (χ1) is 9.93. The number of hydrogen-bond acceptors (Lipinski definition) is 3. The molecule has 0 saturated carbocycles. The van der Waals surface area contributed by atoms with E-state index in [1.54, 1.807) is 11.8 Å². The van der Waals surface area contributed by atoms with E-state index in [9.17, 15) is 9.59 Å². The highest BCUT2D eigenvalue weighted by atomic mass is 79.9. The molecule has 0 unspecified atom stereocenters. The Hall–Kier alpha value is -1.36. The molecule has 5 heteroatoms. The molecule has 0 fully saturated rings. The number of carbonyl (C=O) groups is 2. The average molecular weight is 356 g/mol. The van der Waals surface area contributed by atoms with Crippen LogP contribution in [0, 0.1) is 0 Å². The van der Waals surface area contributed by atoms with Gasteiger partial charge in [-0.3, -0.25) is 9.59 Å². The zero-order valence-corrected chi connectivity index (χ0v) is 14.4. The number of benzene rings is 1. The van der Waals surface area contributed by atoms with Gasteiger partial charge in [0.1, 0.15) is 6.54 Å². The lowest BCUT2D eigenvalue weighted by molar-refractivity contribution is -0.150. The second kappa shape index (κ2) is 8.82. The molecule has 0 atom stereocenters. The van der Waals surface area contributed by atoms with E-state index < -0.39 is 0 Å². The Morgan fingerprint density at radius 2 is 2.05 bits per heavy atom. The molecule has 0 radical (unpaired) electrons. The number of aryl methyl sites for hydroxylation is 1. The van der Waals surface area contributed by atoms with Gasteiger partial charge in [-0.1, -0.05) is 28.1 Å². The van der Waals surface area contributed by atoms with Crippen LogP contribution in [0.3, 0.4) is 0 Å². The van der Waals surface area contributed by atoms with Crippen molar-refractivity contribution >= 4 is 27.8 Å². The van der Waals surface area contributed by atoms with E-state index in [-0.39, 0.29) is 24.5 Å². The maximum Gasteiger partial charge on any atom is 0.325 e. The van der Waals surface area contributed by atoms with Crippen LogP contribution in [-0.2, 0) is 20.7 Å². The van der Waals surface area contributed by atoms with E-state index in [0.29, 0.717) is 19.4 Å². The summed E-state index contributed by atoms with van der Waals surface area (Å²) in [5.41, 5.74) is 1.09. The molecular formula is C16H22BrNO3. The van der Waals surface area contributed by atoms with E-state index >= 15 is 0 Å². The Bertz CT molecular complexity index is 488. The lowest BCUT2D eigenvalue weighted by Gasteiger charge is -2.25. The third kappa shape index (κ3) is 6.29. The van der Waals surface area contributed by atoms with Gasteiger partial charge in [0.25, 0.3) is 0 Å². The molecule has 0 bridgehead atoms. The summed E-state index contributed by atoms with van der Waals surface area (Å²) in [6.45, 7) is 5.90. The molecule has 4 nitrogen and oxygen atoms in total. The minimum Gasteiger partial charge on any atom is -0.465 e. The zero-order chi connectivity index (χ0) is 15.8. The first-order valence-corrected chi connectivity index (χ1v) is 7.92. The number of halogens is 1. The summed E-state index contributed by atoms with van der Waals surface area (Å²) >= 11 is 3.41. The van der Waals surface area contributed by atoms with Gasteiger partial charge in [-0.15, -0.1) is 0 Å². The zero-order valence-electron chi connectivity index (χ0n) is 12.8. The second-order valence-corrected chi connectivity index (χ2v) is 5.97. The maximum absolute atomic E-state index is 12.3. The van der Waals surface area contributed by atoms with Crippen LogP contribution < -0.4 is 0 Å². The van der Waals surface area contributed by atoms with E-state index in [1.807, 2.05) is 38.1 Å². The Morgan fingerprint density at radius 1 is 1.33 bits per heavy atom. The lowest BCUT2D eigenvalue weighted by atomic mass is 10.1. The molecular weight excluding hydrogens is 334 g/mol. The third-order valence-corrected chi connectivity index (χ3v) is 3.56. The minimum absolute atomic E-state index is 0.0167.